The van der Waals surface area contributed by atoms with Gasteiger partial charge in [0.2, 0.25) is 0 Å². The molecule has 4 rings (SSSR count). The van der Waals surface area contributed by atoms with Gasteiger partial charge in [-0.15, -0.1) is 0 Å². The molecule has 5 heteroatoms. The SMILES string of the molecule is CCC(=O)OC[C@@]12C[C@@H]3[C@H](C)CC[C@H]3[C@]3(C=O)C[C@@H]1C=C(C(C)C)[C@@]23C(=O)O. The zero-order valence-corrected chi connectivity index (χ0v) is 17.4. The summed E-state index contributed by atoms with van der Waals surface area (Å²) in [6.45, 7) is 8.12. The van der Waals surface area contributed by atoms with Crippen LogP contribution in [0.25, 0.3) is 0 Å². The smallest absolute Gasteiger partial charge is 0.315 e. The average Bonchev–Trinajstić information content (AvgIpc) is 3.23. The van der Waals surface area contributed by atoms with Gasteiger partial charge in [0.25, 0.3) is 0 Å². The van der Waals surface area contributed by atoms with E-state index in [0.29, 0.717) is 18.3 Å². The van der Waals surface area contributed by atoms with Crippen LogP contribution in [0, 0.1) is 45.8 Å². The molecule has 0 saturated heterocycles. The van der Waals surface area contributed by atoms with E-state index in [4.69, 9.17) is 4.74 Å². The molecule has 3 fully saturated rings. The lowest BCUT2D eigenvalue weighted by Gasteiger charge is -2.58. The highest BCUT2D eigenvalue weighted by Crippen LogP contribution is 2.82. The number of fused-ring (bicyclic) bond motifs is 2. The zero-order valence-electron chi connectivity index (χ0n) is 17.4. The molecule has 7 atom stereocenters. The summed E-state index contributed by atoms with van der Waals surface area (Å²) in [5, 5.41) is 10.7. The van der Waals surface area contributed by atoms with E-state index in [9.17, 15) is 19.5 Å². The molecule has 154 valence electrons. The van der Waals surface area contributed by atoms with Gasteiger partial charge in [0.15, 0.2) is 0 Å². The molecule has 0 unspecified atom stereocenters. The highest BCUT2D eigenvalue weighted by atomic mass is 16.5. The number of aliphatic carboxylic acids is 1. The Bertz CT molecular complexity index is 754. The molecule has 5 nitrogen and oxygen atoms in total. The summed E-state index contributed by atoms with van der Waals surface area (Å²) in [7, 11) is 0. The van der Waals surface area contributed by atoms with Crippen LogP contribution >= 0.6 is 0 Å². The summed E-state index contributed by atoms with van der Waals surface area (Å²) in [5.41, 5.74) is -1.96. The largest absolute Gasteiger partial charge is 0.481 e. The number of carboxylic acids is 1. The van der Waals surface area contributed by atoms with Crippen LogP contribution in [0.3, 0.4) is 0 Å². The van der Waals surface area contributed by atoms with Crippen LogP contribution in [-0.2, 0) is 19.1 Å². The summed E-state index contributed by atoms with van der Waals surface area (Å²) < 4.78 is 5.66. The standard InChI is InChI=1S/C23H32O5/c1-5-19(25)28-12-22-10-16-14(4)6-7-17(16)21(11-24)9-15(22)8-18(13(2)3)23(21,22)20(26)27/h8,11,13-17H,5-7,9-10,12H2,1-4H3,(H,26,27)/t14-,15+,16-,17-,21-,22+,23+/m1/s1. The topological polar surface area (TPSA) is 80.7 Å². The Morgan fingerprint density at radius 2 is 2.04 bits per heavy atom. The predicted octanol–water partition coefficient (Wildman–Crippen LogP) is 3.86. The minimum absolute atomic E-state index is 0.0198. The Labute approximate surface area is 166 Å². The number of hydrogen-bond donors (Lipinski definition) is 1. The first kappa shape index (κ1) is 19.7. The Hall–Kier alpha value is -1.65. The monoisotopic (exact) mass is 388 g/mol. The van der Waals surface area contributed by atoms with Gasteiger partial charge >= 0.3 is 11.9 Å². The molecule has 0 aromatic heterocycles. The van der Waals surface area contributed by atoms with E-state index in [-0.39, 0.29) is 36.8 Å². The van der Waals surface area contributed by atoms with Crippen LogP contribution in [0.15, 0.2) is 11.6 Å². The Morgan fingerprint density at radius 3 is 2.61 bits per heavy atom. The fraction of sp³-hybridized carbons (Fsp3) is 0.783. The lowest BCUT2D eigenvalue weighted by atomic mass is 9.43. The van der Waals surface area contributed by atoms with Gasteiger partial charge in [0.05, 0.1) is 12.0 Å². The van der Waals surface area contributed by atoms with E-state index in [1.54, 1.807) is 6.92 Å². The minimum atomic E-state index is -1.25. The summed E-state index contributed by atoms with van der Waals surface area (Å²) in [5.74, 6) is -0.278. The van der Waals surface area contributed by atoms with Gasteiger partial charge in [0.1, 0.15) is 11.7 Å². The van der Waals surface area contributed by atoms with Gasteiger partial charge in [-0.05, 0) is 48.9 Å². The quantitative estimate of drug-likeness (QED) is 0.424. The number of aldehydes is 1. The Balaban J connectivity index is 1.94. The number of carbonyl (C=O) groups is 3. The van der Waals surface area contributed by atoms with Gasteiger partial charge in [-0.2, -0.15) is 0 Å². The third-order valence-corrected chi connectivity index (χ3v) is 8.90. The third-order valence-electron chi connectivity index (χ3n) is 8.90. The second-order valence-corrected chi connectivity index (χ2v) is 10.0. The van der Waals surface area contributed by atoms with E-state index in [0.717, 1.165) is 31.1 Å². The zero-order chi connectivity index (χ0) is 20.5. The maximum atomic E-state index is 13.1. The van der Waals surface area contributed by atoms with Crippen LogP contribution in [0.2, 0.25) is 0 Å². The third kappa shape index (κ3) is 1.96. The van der Waals surface area contributed by atoms with E-state index in [1.165, 1.54) is 0 Å². The Kier molecular flexibility index (Phi) is 4.33. The average molecular weight is 389 g/mol. The first-order valence-corrected chi connectivity index (χ1v) is 10.8. The molecule has 0 aliphatic heterocycles. The number of allylic oxidation sites excluding steroid dienone is 1. The summed E-state index contributed by atoms with van der Waals surface area (Å²) in [4.78, 5) is 38.0. The van der Waals surface area contributed by atoms with Crippen molar-refractivity contribution in [1.82, 2.24) is 0 Å². The van der Waals surface area contributed by atoms with E-state index in [1.807, 2.05) is 13.8 Å². The lowest BCUT2D eigenvalue weighted by Crippen LogP contribution is -2.63. The molecule has 0 spiro atoms. The van der Waals surface area contributed by atoms with Crippen molar-refractivity contribution in [1.29, 1.82) is 0 Å². The number of carboxylic acid groups (broad SMARTS) is 1. The summed E-state index contributed by atoms with van der Waals surface area (Å²) in [6, 6.07) is 0. The van der Waals surface area contributed by atoms with Crippen molar-refractivity contribution in [3.63, 3.8) is 0 Å². The van der Waals surface area contributed by atoms with Crippen molar-refractivity contribution in [3.8, 4) is 0 Å². The lowest BCUT2D eigenvalue weighted by molar-refractivity contribution is -0.188. The van der Waals surface area contributed by atoms with Crippen LogP contribution < -0.4 is 0 Å². The summed E-state index contributed by atoms with van der Waals surface area (Å²) >= 11 is 0. The van der Waals surface area contributed by atoms with Crippen LogP contribution in [0.1, 0.15) is 59.8 Å². The van der Waals surface area contributed by atoms with Gasteiger partial charge in [-0.1, -0.05) is 45.8 Å². The van der Waals surface area contributed by atoms with Crippen molar-refractivity contribution >= 4 is 18.2 Å². The Morgan fingerprint density at radius 1 is 1.32 bits per heavy atom. The molecule has 4 aliphatic rings. The highest BCUT2D eigenvalue weighted by Gasteiger charge is 2.84. The minimum Gasteiger partial charge on any atom is -0.481 e. The van der Waals surface area contributed by atoms with Crippen LogP contribution in [0.5, 0.6) is 0 Å². The predicted molar refractivity (Wildman–Crippen MR) is 103 cm³/mol. The van der Waals surface area contributed by atoms with Crippen molar-refractivity contribution in [2.45, 2.75) is 59.8 Å². The first-order valence-electron chi connectivity index (χ1n) is 10.8. The fourth-order valence-corrected chi connectivity index (χ4v) is 7.95. The summed E-state index contributed by atoms with van der Waals surface area (Å²) in [6.07, 6.45) is 6.67. The van der Waals surface area contributed by atoms with E-state index in [2.05, 4.69) is 13.0 Å². The van der Waals surface area contributed by atoms with Crippen LogP contribution in [-0.4, -0.2) is 29.9 Å². The molecule has 0 amide bonds. The number of rotatable bonds is 6. The van der Waals surface area contributed by atoms with Gasteiger partial charge in [-0.25, -0.2) is 0 Å². The van der Waals surface area contributed by atoms with Crippen LogP contribution in [0.4, 0.5) is 0 Å². The second kappa shape index (κ2) is 6.17. The molecule has 0 heterocycles. The van der Waals surface area contributed by atoms with Crippen molar-refractivity contribution in [2.75, 3.05) is 6.61 Å². The first-order chi connectivity index (χ1) is 13.2. The molecule has 1 N–H and O–H groups in total. The van der Waals surface area contributed by atoms with Crippen molar-refractivity contribution in [3.05, 3.63) is 11.6 Å². The second-order valence-electron chi connectivity index (χ2n) is 10.0. The molecule has 0 radical (unpaired) electrons. The molecule has 3 saturated carbocycles. The molecule has 4 aliphatic carbocycles. The van der Waals surface area contributed by atoms with Crippen molar-refractivity contribution < 1.29 is 24.2 Å². The van der Waals surface area contributed by atoms with Gasteiger partial charge in [-0.3, -0.25) is 9.59 Å². The highest BCUT2D eigenvalue weighted by molar-refractivity contribution is 5.90. The molecular formula is C23H32O5. The maximum absolute atomic E-state index is 13.1. The number of ether oxygens (including phenoxy) is 1. The van der Waals surface area contributed by atoms with Crippen molar-refractivity contribution in [2.24, 2.45) is 45.8 Å². The number of hydrogen-bond acceptors (Lipinski definition) is 4. The normalized spacial score (nSPS) is 45.7. The van der Waals surface area contributed by atoms with Gasteiger partial charge < -0.3 is 14.6 Å². The molecule has 0 aromatic carbocycles. The van der Waals surface area contributed by atoms with E-state index >= 15 is 0 Å². The number of carbonyl (C=O) groups excluding carboxylic acids is 2. The molecule has 28 heavy (non-hydrogen) atoms. The molecular weight excluding hydrogens is 356 g/mol. The van der Waals surface area contributed by atoms with Gasteiger partial charge in [0, 0.05) is 11.8 Å². The molecule has 4 bridgehead atoms. The number of esters is 1. The molecule has 0 aromatic rings. The fourth-order valence-electron chi connectivity index (χ4n) is 7.95. The van der Waals surface area contributed by atoms with E-state index < -0.39 is 22.2 Å². The maximum Gasteiger partial charge on any atom is 0.315 e.